The van der Waals surface area contributed by atoms with E-state index in [1.54, 1.807) is 0 Å². The second kappa shape index (κ2) is 5.95. The Morgan fingerprint density at radius 1 is 1.29 bits per heavy atom. The quantitative estimate of drug-likeness (QED) is 0.882. The lowest BCUT2D eigenvalue weighted by Gasteiger charge is -2.36. The van der Waals surface area contributed by atoms with Crippen molar-refractivity contribution in [1.29, 1.82) is 0 Å². The first-order chi connectivity index (χ1) is 10.1. The number of carbonyl (C=O) groups excluding carboxylic acids is 1. The van der Waals surface area contributed by atoms with Crippen molar-refractivity contribution in [2.75, 3.05) is 0 Å². The van der Waals surface area contributed by atoms with Crippen molar-refractivity contribution in [3.05, 3.63) is 34.9 Å². The van der Waals surface area contributed by atoms with Gasteiger partial charge in [0.05, 0.1) is 12.1 Å². The second-order valence-corrected chi connectivity index (χ2v) is 6.49. The predicted molar refractivity (Wildman–Crippen MR) is 81.9 cm³/mol. The van der Waals surface area contributed by atoms with Crippen LogP contribution in [0.1, 0.15) is 44.3 Å². The second-order valence-electron chi connectivity index (χ2n) is 6.05. The van der Waals surface area contributed by atoms with E-state index < -0.39 is 0 Å². The Labute approximate surface area is 130 Å². The fraction of sp³-hybridized carbons (Fsp3) is 0.562. The maximum Gasteiger partial charge on any atom is 0.241 e. The number of aliphatic hydroxyl groups is 1. The third kappa shape index (κ3) is 2.93. The summed E-state index contributed by atoms with van der Waals surface area (Å²) in [5, 5.41) is 13.7. The minimum absolute atomic E-state index is 0.119. The Bertz CT molecular complexity index is 529. The van der Waals surface area contributed by atoms with E-state index in [2.05, 4.69) is 5.32 Å². The molecule has 1 saturated carbocycles. The monoisotopic (exact) mass is 308 g/mol. The number of amides is 1. The highest BCUT2D eigenvalue weighted by atomic mass is 35.5. The summed E-state index contributed by atoms with van der Waals surface area (Å²) in [6, 6.07) is 7.68. The molecule has 2 aliphatic rings. The van der Waals surface area contributed by atoms with Crippen LogP contribution in [0.2, 0.25) is 5.02 Å². The average Bonchev–Trinajstić information content (AvgIpc) is 2.76. The third-order valence-electron chi connectivity index (χ3n) is 4.53. The fourth-order valence-electron chi connectivity index (χ4n) is 3.40. The largest absolute Gasteiger partial charge is 0.393 e. The number of nitrogens with one attached hydrogen (secondary N) is 1. The van der Waals surface area contributed by atoms with E-state index in [0.29, 0.717) is 5.02 Å². The van der Waals surface area contributed by atoms with Crippen molar-refractivity contribution in [3.63, 3.8) is 0 Å². The molecule has 2 fully saturated rings. The highest BCUT2D eigenvalue weighted by Crippen LogP contribution is 2.34. The molecular formula is C16H21ClN2O2. The lowest BCUT2D eigenvalue weighted by Crippen LogP contribution is -2.42. The molecule has 2 unspecified atom stereocenters. The first-order valence-corrected chi connectivity index (χ1v) is 7.96. The smallest absolute Gasteiger partial charge is 0.241 e. The SMILES string of the molecule is CC1NC(c2cccc(Cl)c2)N(C2CCC(O)CC2)C1=O. The fourth-order valence-corrected chi connectivity index (χ4v) is 3.60. The van der Waals surface area contributed by atoms with Crippen molar-refractivity contribution >= 4 is 17.5 Å². The van der Waals surface area contributed by atoms with Crippen LogP contribution in [0.5, 0.6) is 0 Å². The van der Waals surface area contributed by atoms with Crippen LogP contribution in [0.25, 0.3) is 0 Å². The molecule has 2 N–H and O–H groups in total. The van der Waals surface area contributed by atoms with Gasteiger partial charge in [0.1, 0.15) is 6.17 Å². The number of hydrogen-bond donors (Lipinski definition) is 2. The van der Waals surface area contributed by atoms with Crippen LogP contribution in [-0.4, -0.2) is 34.1 Å². The minimum atomic E-state index is -0.214. The van der Waals surface area contributed by atoms with Crippen molar-refractivity contribution < 1.29 is 9.90 Å². The molecule has 1 heterocycles. The van der Waals surface area contributed by atoms with Gasteiger partial charge in [-0.2, -0.15) is 0 Å². The summed E-state index contributed by atoms with van der Waals surface area (Å²) in [5.74, 6) is 0.140. The molecule has 21 heavy (non-hydrogen) atoms. The number of carbonyl (C=O) groups is 1. The normalized spacial score (nSPS) is 33.5. The van der Waals surface area contributed by atoms with Gasteiger partial charge in [0.25, 0.3) is 0 Å². The van der Waals surface area contributed by atoms with Crippen LogP contribution in [0.3, 0.4) is 0 Å². The number of benzene rings is 1. The maximum atomic E-state index is 12.5. The highest BCUT2D eigenvalue weighted by Gasteiger charge is 2.41. The zero-order valence-electron chi connectivity index (χ0n) is 12.1. The molecule has 1 aromatic carbocycles. The molecule has 0 bridgehead atoms. The van der Waals surface area contributed by atoms with Crippen LogP contribution in [0.15, 0.2) is 24.3 Å². The summed E-state index contributed by atoms with van der Waals surface area (Å²) in [7, 11) is 0. The van der Waals surface area contributed by atoms with E-state index in [9.17, 15) is 9.90 Å². The average molecular weight is 309 g/mol. The van der Waals surface area contributed by atoms with E-state index in [4.69, 9.17) is 11.6 Å². The summed E-state index contributed by atoms with van der Waals surface area (Å²) >= 11 is 6.08. The summed E-state index contributed by atoms with van der Waals surface area (Å²) in [4.78, 5) is 14.5. The summed E-state index contributed by atoms with van der Waals surface area (Å²) in [6.45, 7) is 1.90. The number of nitrogens with zero attached hydrogens (tertiary/aromatic N) is 1. The van der Waals surface area contributed by atoms with Gasteiger partial charge < -0.3 is 10.0 Å². The minimum Gasteiger partial charge on any atom is -0.393 e. The third-order valence-corrected chi connectivity index (χ3v) is 4.77. The number of rotatable bonds is 2. The van der Waals surface area contributed by atoms with Crippen LogP contribution < -0.4 is 5.32 Å². The predicted octanol–water partition coefficient (Wildman–Crippen LogP) is 2.46. The van der Waals surface area contributed by atoms with Crippen molar-refractivity contribution in [1.82, 2.24) is 10.2 Å². The molecule has 0 aromatic heterocycles. The molecule has 1 amide bonds. The highest BCUT2D eigenvalue weighted by molar-refractivity contribution is 6.30. The van der Waals surface area contributed by atoms with Gasteiger partial charge in [0.15, 0.2) is 0 Å². The number of aliphatic hydroxyl groups excluding tert-OH is 1. The van der Waals surface area contributed by atoms with Gasteiger partial charge in [-0.05, 0) is 50.3 Å². The first kappa shape index (κ1) is 14.8. The lowest BCUT2D eigenvalue weighted by molar-refractivity contribution is -0.133. The summed E-state index contributed by atoms with van der Waals surface area (Å²) in [6.07, 6.45) is 2.92. The zero-order valence-corrected chi connectivity index (χ0v) is 12.9. The lowest BCUT2D eigenvalue weighted by atomic mass is 9.91. The van der Waals surface area contributed by atoms with Crippen LogP contribution in [-0.2, 0) is 4.79 Å². The van der Waals surface area contributed by atoms with Gasteiger partial charge >= 0.3 is 0 Å². The molecule has 0 radical (unpaired) electrons. The van der Waals surface area contributed by atoms with Gasteiger partial charge in [-0.3, -0.25) is 10.1 Å². The van der Waals surface area contributed by atoms with E-state index in [1.807, 2.05) is 36.1 Å². The maximum absolute atomic E-state index is 12.5. The van der Waals surface area contributed by atoms with Crippen LogP contribution in [0, 0.1) is 0 Å². The number of halogens is 1. The summed E-state index contributed by atoms with van der Waals surface area (Å²) < 4.78 is 0. The van der Waals surface area contributed by atoms with Gasteiger partial charge in [0.2, 0.25) is 5.91 Å². The zero-order chi connectivity index (χ0) is 15.0. The van der Waals surface area contributed by atoms with Crippen molar-refractivity contribution in [2.45, 2.75) is 57.0 Å². The van der Waals surface area contributed by atoms with Crippen LogP contribution >= 0.6 is 11.6 Å². The molecule has 1 aromatic rings. The molecule has 0 spiro atoms. The molecular weight excluding hydrogens is 288 g/mol. The Morgan fingerprint density at radius 2 is 2.00 bits per heavy atom. The molecule has 3 rings (SSSR count). The van der Waals surface area contributed by atoms with E-state index in [0.717, 1.165) is 31.2 Å². The van der Waals surface area contributed by atoms with Crippen molar-refractivity contribution in [2.24, 2.45) is 0 Å². The first-order valence-electron chi connectivity index (χ1n) is 7.58. The van der Waals surface area contributed by atoms with Gasteiger partial charge in [-0.25, -0.2) is 0 Å². The Hall–Kier alpha value is -1.10. The molecule has 1 saturated heterocycles. The van der Waals surface area contributed by atoms with E-state index in [-0.39, 0.29) is 30.3 Å². The molecule has 1 aliphatic carbocycles. The Kier molecular flexibility index (Phi) is 4.20. The number of hydrogen-bond acceptors (Lipinski definition) is 3. The van der Waals surface area contributed by atoms with Crippen LogP contribution in [0.4, 0.5) is 0 Å². The Morgan fingerprint density at radius 3 is 2.67 bits per heavy atom. The van der Waals surface area contributed by atoms with Crippen molar-refractivity contribution in [3.8, 4) is 0 Å². The molecule has 1 aliphatic heterocycles. The van der Waals surface area contributed by atoms with Gasteiger partial charge in [0, 0.05) is 11.1 Å². The van der Waals surface area contributed by atoms with Gasteiger partial charge in [-0.1, -0.05) is 23.7 Å². The Balaban J connectivity index is 1.86. The van der Waals surface area contributed by atoms with E-state index in [1.165, 1.54) is 0 Å². The summed E-state index contributed by atoms with van der Waals surface area (Å²) in [5.41, 5.74) is 1.02. The molecule has 114 valence electrons. The molecule has 2 atom stereocenters. The van der Waals surface area contributed by atoms with Gasteiger partial charge in [-0.15, -0.1) is 0 Å². The van der Waals surface area contributed by atoms with E-state index >= 15 is 0 Å². The standard InChI is InChI=1S/C16H21ClN2O2/c1-10-16(21)19(13-5-7-14(20)8-6-13)15(18-10)11-3-2-4-12(17)9-11/h2-4,9-10,13-15,18,20H,5-8H2,1H3. The topological polar surface area (TPSA) is 52.6 Å². The molecule has 5 heteroatoms. The molecule has 4 nitrogen and oxygen atoms in total.